The molecule has 3 aliphatic rings. The van der Waals surface area contributed by atoms with Gasteiger partial charge in [-0.2, -0.15) is 8.42 Å². The number of benzene rings is 3. The van der Waals surface area contributed by atoms with Gasteiger partial charge in [-0.15, -0.1) is 0 Å². The number of rotatable bonds is 9. The van der Waals surface area contributed by atoms with E-state index in [0.29, 0.717) is 52.9 Å². The summed E-state index contributed by atoms with van der Waals surface area (Å²) >= 11 is 0. The zero-order valence-electron chi connectivity index (χ0n) is 29.5. The van der Waals surface area contributed by atoms with Gasteiger partial charge in [-0.05, 0) is 105 Å². The molecule has 268 valence electrons. The molecular formula is C38H46N2O9S. The van der Waals surface area contributed by atoms with E-state index in [2.05, 4.69) is 16.8 Å². The number of aryl methyl sites for hydroxylation is 2. The summed E-state index contributed by atoms with van der Waals surface area (Å²) in [6.07, 6.45) is 5.14. The Balaban J connectivity index is 1.79. The summed E-state index contributed by atoms with van der Waals surface area (Å²) < 4.78 is 72.1. The lowest BCUT2D eigenvalue weighted by molar-refractivity contribution is 0.197. The third-order valence-electron chi connectivity index (χ3n) is 9.12. The third-order valence-corrected chi connectivity index (χ3v) is 10.1. The average Bonchev–Trinajstić information content (AvgIpc) is 3.10. The first-order chi connectivity index (χ1) is 24.0. The molecular weight excluding hydrogens is 660 g/mol. The fraction of sp³-hybridized carbons (Fsp3) is 0.368. The van der Waals surface area contributed by atoms with Crippen molar-refractivity contribution in [3.63, 3.8) is 0 Å². The molecule has 11 nitrogen and oxygen atoms in total. The maximum atomic E-state index is 12.8. The fourth-order valence-electron chi connectivity index (χ4n) is 6.40. The minimum atomic E-state index is -4.67. The molecule has 0 aliphatic carbocycles. The molecule has 3 heterocycles. The molecule has 12 heteroatoms. The number of fused-ring (bicyclic) bond motifs is 4. The van der Waals surface area contributed by atoms with E-state index in [1.165, 1.54) is 27.4 Å². The Kier molecular flexibility index (Phi) is 11.8. The van der Waals surface area contributed by atoms with Gasteiger partial charge >= 0.3 is 0 Å². The van der Waals surface area contributed by atoms with E-state index >= 15 is 0 Å². The molecule has 6 bridgehead atoms. The maximum absolute atomic E-state index is 12.8. The molecule has 0 spiro atoms. The number of likely N-dealkylation sites (N-methyl/N-ethyl adjacent to an activating group) is 2. The van der Waals surface area contributed by atoms with Crippen LogP contribution in [0.2, 0.25) is 0 Å². The SMILES string of the molecule is C=C(OC)/C(OC)=C1/Oc2cc(c(CCNC)cc2OC)CCc2ccc(cc2)Oc2cc(c(S(=O)(=O)O)cc2OC)C[C@H]2C1=CCCN2C. The van der Waals surface area contributed by atoms with Gasteiger partial charge in [0.2, 0.25) is 5.76 Å². The van der Waals surface area contributed by atoms with Crippen LogP contribution in [0.15, 0.2) is 88.9 Å². The average molecular weight is 707 g/mol. The highest BCUT2D eigenvalue weighted by Gasteiger charge is 2.33. The monoisotopic (exact) mass is 706 g/mol. The normalized spacial score (nSPS) is 17.6. The summed E-state index contributed by atoms with van der Waals surface area (Å²) in [5, 5.41) is 3.24. The van der Waals surface area contributed by atoms with Crippen molar-refractivity contribution < 1.29 is 41.4 Å². The minimum absolute atomic E-state index is 0.144. The zero-order chi connectivity index (χ0) is 36.0. The number of methoxy groups -OCH3 is 4. The van der Waals surface area contributed by atoms with Crippen molar-refractivity contribution in [2.24, 2.45) is 0 Å². The van der Waals surface area contributed by atoms with Gasteiger partial charge in [-0.1, -0.05) is 24.8 Å². The van der Waals surface area contributed by atoms with E-state index in [-0.39, 0.29) is 28.6 Å². The van der Waals surface area contributed by atoms with Crippen molar-refractivity contribution in [3.05, 3.63) is 106 Å². The summed E-state index contributed by atoms with van der Waals surface area (Å²) in [5.74, 6) is 2.89. The first-order valence-corrected chi connectivity index (χ1v) is 17.8. The van der Waals surface area contributed by atoms with Gasteiger partial charge in [-0.3, -0.25) is 9.45 Å². The van der Waals surface area contributed by atoms with Crippen LogP contribution in [-0.4, -0.2) is 79.5 Å². The molecule has 0 aromatic heterocycles. The summed E-state index contributed by atoms with van der Waals surface area (Å²) in [6, 6.07) is 14.2. The largest absolute Gasteiger partial charge is 0.493 e. The fourth-order valence-corrected chi connectivity index (χ4v) is 7.13. The predicted octanol–water partition coefficient (Wildman–Crippen LogP) is 5.87. The summed E-state index contributed by atoms with van der Waals surface area (Å²) in [4.78, 5) is 1.81. The Labute approximate surface area is 294 Å². The van der Waals surface area contributed by atoms with E-state index in [1.807, 2.05) is 56.6 Å². The molecule has 6 rings (SSSR count). The number of nitrogens with one attached hydrogen (secondary N) is 1. The number of hydrogen-bond donors (Lipinski definition) is 2. The topological polar surface area (TPSA) is 125 Å². The van der Waals surface area contributed by atoms with E-state index in [9.17, 15) is 13.0 Å². The van der Waals surface area contributed by atoms with Crippen LogP contribution in [0.5, 0.6) is 28.7 Å². The maximum Gasteiger partial charge on any atom is 0.294 e. The van der Waals surface area contributed by atoms with Crippen molar-refractivity contribution in [1.29, 1.82) is 0 Å². The second-order valence-electron chi connectivity index (χ2n) is 12.2. The Morgan fingerprint density at radius 2 is 1.64 bits per heavy atom. The molecule has 1 atom stereocenters. The molecule has 0 fully saturated rings. The number of ether oxygens (including phenoxy) is 6. The zero-order valence-corrected chi connectivity index (χ0v) is 30.3. The highest BCUT2D eigenvalue weighted by atomic mass is 32.2. The standard InChI is InChI=1S/C38H46N2O9S/c1-24(44-4)37(47-7)38-30-9-8-18-40(3)31(30)19-28-22-34(33(46-6)23-36(28)50(41,42)43)48-29-14-11-25(12-15-29)10-13-26-21-35(49-38)32(45-5)20-27(26)16-17-39-2/h9,11-12,14-15,20-23,31,39H,1,8,10,13,16-19H2,2-7H3,(H,41,42,43)/b38-37-/t31-/m0/s1. The van der Waals surface area contributed by atoms with Crippen LogP contribution in [-0.2, 0) is 45.3 Å². The van der Waals surface area contributed by atoms with Gasteiger partial charge in [-0.25, -0.2) is 0 Å². The Hall–Kier alpha value is -4.49. The van der Waals surface area contributed by atoms with Gasteiger partial charge in [0.15, 0.2) is 34.5 Å². The van der Waals surface area contributed by atoms with Crippen molar-refractivity contribution in [3.8, 4) is 28.7 Å². The minimum Gasteiger partial charge on any atom is -0.493 e. The molecule has 0 amide bonds. The van der Waals surface area contributed by atoms with Crippen LogP contribution in [0.4, 0.5) is 0 Å². The molecule has 3 aromatic rings. The molecule has 50 heavy (non-hydrogen) atoms. The predicted molar refractivity (Wildman–Crippen MR) is 191 cm³/mol. The second-order valence-corrected chi connectivity index (χ2v) is 13.6. The van der Waals surface area contributed by atoms with Gasteiger partial charge < -0.3 is 33.7 Å². The number of hydrogen-bond acceptors (Lipinski definition) is 10. The first-order valence-electron chi connectivity index (χ1n) is 16.4. The van der Waals surface area contributed by atoms with Crippen molar-refractivity contribution in [2.45, 2.75) is 43.0 Å². The summed E-state index contributed by atoms with van der Waals surface area (Å²) in [7, 11) is 5.25. The van der Waals surface area contributed by atoms with Crippen LogP contribution in [0.1, 0.15) is 28.7 Å². The van der Waals surface area contributed by atoms with E-state index < -0.39 is 16.2 Å². The molecule has 0 radical (unpaired) electrons. The van der Waals surface area contributed by atoms with Crippen LogP contribution in [0.3, 0.4) is 0 Å². The lowest BCUT2D eigenvalue weighted by atomic mass is 9.91. The molecule has 0 unspecified atom stereocenters. The molecule has 3 aromatic carbocycles. The lowest BCUT2D eigenvalue weighted by Crippen LogP contribution is -2.40. The van der Waals surface area contributed by atoms with Crippen molar-refractivity contribution in [2.75, 3.05) is 55.6 Å². The Bertz CT molecular complexity index is 1880. The van der Waals surface area contributed by atoms with Crippen LogP contribution < -0.4 is 24.3 Å². The van der Waals surface area contributed by atoms with Crippen LogP contribution in [0, 0.1) is 0 Å². The van der Waals surface area contributed by atoms with Crippen molar-refractivity contribution in [1.82, 2.24) is 10.2 Å². The highest BCUT2D eigenvalue weighted by Crippen LogP contribution is 2.41. The smallest absolute Gasteiger partial charge is 0.294 e. The van der Waals surface area contributed by atoms with E-state index in [1.54, 1.807) is 13.2 Å². The molecule has 0 saturated heterocycles. The number of nitrogens with zero attached hydrogens (tertiary/aromatic N) is 1. The quantitative estimate of drug-likeness (QED) is 0.205. The Morgan fingerprint density at radius 3 is 2.28 bits per heavy atom. The van der Waals surface area contributed by atoms with Crippen LogP contribution >= 0.6 is 0 Å². The summed E-state index contributed by atoms with van der Waals surface area (Å²) in [6.45, 7) is 5.54. The van der Waals surface area contributed by atoms with Gasteiger partial charge in [0.25, 0.3) is 10.1 Å². The van der Waals surface area contributed by atoms with Gasteiger partial charge in [0, 0.05) is 24.2 Å². The first kappa shape index (κ1) is 36.8. The molecule has 0 saturated carbocycles. The molecule has 2 N–H and O–H groups in total. The van der Waals surface area contributed by atoms with Crippen molar-refractivity contribution >= 4 is 10.1 Å². The lowest BCUT2D eigenvalue weighted by Gasteiger charge is -2.35. The Morgan fingerprint density at radius 1 is 0.960 bits per heavy atom. The van der Waals surface area contributed by atoms with E-state index in [0.717, 1.165) is 42.5 Å². The highest BCUT2D eigenvalue weighted by molar-refractivity contribution is 7.85. The van der Waals surface area contributed by atoms with E-state index in [4.69, 9.17) is 28.4 Å². The van der Waals surface area contributed by atoms with Gasteiger partial charge in [0.1, 0.15) is 10.6 Å². The molecule has 3 aliphatic heterocycles. The third kappa shape index (κ3) is 8.10. The van der Waals surface area contributed by atoms with Gasteiger partial charge in [0.05, 0.1) is 28.4 Å². The summed E-state index contributed by atoms with van der Waals surface area (Å²) in [5.41, 5.74) is 4.37. The van der Waals surface area contributed by atoms with Crippen LogP contribution in [0.25, 0.3) is 0 Å². The second kappa shape index (κ2) is 16.0.